The van der Waals surface area contributed by atoms with Crippen LogP contribution in [0.25, 0.3) is 0 Å². The highest BCUT2D eigenvalue weighted by Crippen LogP contribution is 2.31. The Morgan fingerprint density at radius 2 is 1.96 bits per heavy atom. The highest BCUT2D eigenvalue weighted by molar-refractivity contribution is 9.10. The summed E-state index contributed by atoms with van der Waals surface area (Å²) < 4.78 is 12.3. The molecular formula is C16H17BrN4O2. The first-order valence-electron chi connectivity index (χ1n) is 6.77. The van der Waals surface area contributed by atoms with Crippen LogP contribution in [0.15, 0.2) is 57.1 Å². The lowest BCUT2D eigenvalue weighted by Gasteiger charge is -2.13. The minimum Gasteiger partial charge on any atom is -0.493 e. The Balaban J connectivity index is 2.26. The number of methoxy groups -OCH3 is 1. The number of ether oxygens (including phenoxy) is 2. The Hall–Kier alpha value is -2.54. The number of rotatable bonds is 6. The molecule has 0 aliphatic rings. The van der Waals surface area contributed by atoms with Crippen molar-refractivity contribution in [2.45, 2.75) is 6.61 Å². The van der Waals surface area contributed by atoms with Gasteiger partial charge in [-0.25, -0.2) is 0 Å². The smallest absolute Gasteiger partial charge is 0.211 e. The molecule has 2 aromatic carbocycles. The molecule has 0 radical (unpaired) electrons. The van der Waals surface area contributed by atoms with Gasteiger partial charge in [0.2, 0.25) is 5.96 Å². The summed E-state index contributed by atoms with van der Waals surface area (Å²) in [6, 6.07) is 13.3. The fourth-order valence-corrected chi connectivity index (χ4v) is 2.27. The van der Waals surface area contributed by atoms with Gasteiger partial charge in [-0.2, -0.15) is 5.10 Å². The van der Waals surface area contributed by atoms with E-state index in [4.69, 9.17) is 20.9 Å². The summed E-state index contributed by atoms with van der Waals surface area (Å²) in [7, 11) is 1.58. The van der Waals surface area contributed by atoms with Crippen LogP contribution in [-0.4, -0.2) is 19.3 Å². The van der Waals surface area contributed by atoms with Crippen LogP contribution in [0.1, 0.15) is 11.1 Å². The van der Waals surface area contributed by atoms with E-state index in [2.05, 4.69) is 26.1 Å². The third-order valence-corrected chi connectivity index (χ3v) is 3.70. The molecule has 0 saturated heterocycles. The summed E-state index contributed by atoms with van der Waals surface area (Å²) in [6.45, 7) is 0.380. The molecule has 0 atom stereocenters. The summed E-state index contributed by atoms with van der Waals surface area (Å²) in [4.78, 5) is 0. The molecule has 0 fully saturated rings. The van der Waals surface area contributed by atoms with Gasteiger partial charge in [0.05, 0.1) is 13.3 Å². The normalized spacial score (nSPS) is 10.5. The number of hydrogen-bond acceptors (Lipinski definition) is 4. The van der Waals surface area contributed by atoms with Crippen LogP contribution in [0, 0.1) is 0 Å². The van der Waals surface area contributed by atoms with Crippen LogP contribution in [0.5, 0.6) is 11.5 Å². The third-order valence-electron chi connectivity index (χ3n) is 2.93. The van der Waals surface area contributed by atoms with Gasteiger partial charge in [0, 0.05) is 15.6 Å². The number of nitrogens with two attached hydrogens (primary N) is 2. The van der Waals surface area contributed by atoms with Crippen LogP contribution in [0.2, 0.25) is 0 Å². The summed E-state index contributed by atoms with van der Waals surface area (Å²) in [5, 5.41) is 7.40. The van der Waals surface area contributed by atoms with Crippen molar-refractivity contribution in [3.63, 3.8) is 0 Å². The molecule has 0 bridgehead atoms. The van der Waals surface area contributed by atoms with Gasteiger partial charge in [0.25, 0.3) is 0 Å². The molecule has 4 N–H and O–H groups in total. The fraction of sp³-hybridized carbons (Fsp3) is 0.125. The Labute approximate surface area is 142 Å². The van der Waals surface area contributed by atoms with Gasteiger partial charge < -0.3 is 20.9 Å². The zero-order valence-corrected chi connectivity index (χ0v) is 14.2. The van der Waals surface area contributed by atoms with E-state index in [1.807, 2.05) is 42.5 Å². The van der Waals surface area contributed by atoms with Crippen molar-refractivity contribution in [2.75, 3.05) is 7.11 Å². The predicted octanol–water partition coefficient (Wildman–Crippen LogP) is 2.64. The van der Waals surface area contributed by atoms with Crippen molar-refractivity contribution in [1.82, 2.24) is 0 Å². The molecular weight excluding hydrogens is 360 g/mol. The molecule has 2 rings (SSSR count). The second-order valence-electron chi connectivity index (χ2n) is 4.53. The van der Waals surface area contributed by atoms with E-state index >= 15 is 0 Å². The number of benzene rings is 2. The maximum atomic E-state index is 5.93. The molecule has 6 nitrogen and oxygen atoms in total. The summed E-state index contributed by atoms with van der Waals surface area (Å²) >= 11 is 3.50. The molecule has 7 heteroatoms. The Kier molecular flexibility index (Phi) is 5.99. The second-order valence-corrected chi connectivity index (χ2v) is 5.38. The SMILES string of the molecule is COc1cccc(C=NN=C(N)N)c1OCc1ccccc1Br. The molecule has 0 aliphatic carbocycles. The largest absolute Gasteiger partial charge is 0.493 e. The zero-order valence-electron chi connectivity index (χ0n) is 12.6. The number of guanidine groups is 1. The molecule has 0 spiro atoms. The van der Waals surface area contributed by atoms with Crippen molar-refractivity contribution in [1.29, 1.82) is 0 Å². The van der Waals surface area contributed by atoms with Gasteiger partial charge in [-0.05, 0) is 18.2 Å². The second kappa shape index (κ2) is 8.19. The van der Waals surface area contributed by atoms with E-state index in [0.29, 0.717) is 23.7 Å². The molecule has 2 aromatic rings. The van der Waals surface area contributed by atoms with Gasteiger partial charge in [-0.1, -0.05) is 40.2 Å². The first-order valence-corrected chi connectivity index (χ1v) is 7.56. The lowest BCUT2D eigenvalue weighted by atomic mass is 10.2. The molecule has 120 valence electrons. The summed E-state index contributed by atoms with van der Waals surface area (Å²) in [5.74, 6) is 1.06. The summed E-state index contributed by atoms with van der Waals surface area (Å²) in [6.07, 6.45) is 1.51. The van der Waals surface area contributed by atoms with Crippen LogP contribution in [-0.2, 0) is 6.61 Å². The topological polar surface area (TPSA) is 95.2 Å². The van der Waals surface area contributed by atoms with Gasteiger partial charge in [0.15, 0.2) is 11.5 Å². The molecule has 0 aromatic heterocycles. The van der Waals surface area contributed by atoms with Crippen molar-refractivity contribution in [3.8, 4) is 11.5 Å². The number of nitrogens with zero attached hydrogens (tertiary/aromatic N) is 2. The van der Waals surface area contributed by atoms with E-state index in [-0.39, 0.29) is 5.96 Å². The summed E-state index contributed by atoms with van der Waals surface area (Å²) in [5.41, 5.74) is 12.2. The number of hydrogen-bond donors (Lipinski definition) is 2. The van der Waals surface area contributed by atoms with E-state index in [1.54, 1.807) is 7.11 Å². The molecule has 0 heterocycles. The maximum Gasteiger partial charge on any atom is 0.211 e. The highest BCUT2D eigenvalue weighted by Gasteiger charge is 2.10. The molecule has 0 saturated carbocycles. The predicted molar refractivity (Wildman–Crippen MR) is 94.9 cm³/mol. The first-order chi connectivity index (χ1) is 11.1. The van der Waals surface area contributed by atoms with Crippen molar-refractivity contribution < 1.29 is 9.47 Å². The van der Waals surface area contributed by atoms with Crippen molar-refractivity contribution in [3.05, 3.63) is 58.1 Å². The van der Waals surface area contributed by atoms with Crippen LogP contribution in [0.4, 0.5) is 0 Å². The number of halogens is 1. The van der Waals surface area contributed by atoms with E-state index in [0.717, 1.165) is 10.0 Å². The average molecular weight is 377 g/mol. The minimum atomic E-state index is -0.111. The molecule has 0 aliphatic heterocycles. The number of para-hydroxylation sites is 1. The lowest BCUT2D eigenvalue weighted by Crippen LogP contribution is -2.21. The van der Waals surface area contributed by atoms with Crippen molar-refractivity contribution >= 4 is 28.1 Å². The zero-order chi connectivity index (χ0) is 16.7. The van der Waals surface area contributed by atoms with Crippen molar-refractivity contribution in [2.24, 2.45) is 21.7 Å². The molecule has 0 amide bonds. The maximum absolute atomic E-state index is 5.93. The van der Waals surface area contributed by atoms with Gasteiger partial charge in [-0.15, -0.1) is 5.10 Å². The quantitative estimate of drug-likeness (QED) is 0.460. The molecule has 23 heavy (non-hydrogen) atoms. The lowest BCUT2D eigenvalue weighted by molar-refractivity contribution is 0.283. The Bertz CT molecular complexity index is 728. The Morgan fingerprint density at radius 3 is 2.65 bits per heavy atom. The van der Waals surface area contributed by atoms with E-state index in [9.17, 15) is 0 Å². The van der Waals surface area contributed by atoms with Crippen LogP contribution < -0.4 is 20.9 Å². The van der Waals surface area contributed by atoms with E-state index < -0.39 is 0 Å². The third kappa shape index (κ3) is 4.72. The standard InChI is InChI=1S/C16H17BrN4O2/c1-22-14-8-4-6-11(9-20-21-16(18)19)15(14)23-10-12-5-2-3-7-13(12)17/h2-9H,10H2,1H3,(H4,18,19,21). The first kappa shape index (κ1) is 16.8. The van der Waals surface area contributed by atoms with E-state index in [1.165, 1.54) is 6.21 Å². The van der Waals surface area contributed by atoms with Gasteiger partial charge in [-0.3, -0.25) is 0 Å². The van der Waals surface area contributed by atoms with Gasteiger partial charge in [0.1, 0.15) is 6.61 Å². The van der Waals surface area contributed by atoms with Gasteiger partial charge >= 0.3 is 0 Å². The van der Waals surface area contributed by atoms with Crippen LogP contribution >= 0.6 is 15.9 Å². The monoisotopic (exact) mass is 376 g/mol. The molecule has 0 unspecified atom stereocenters. The highest BCUT2D eigenvalue weighted by atomic mass is 79.9. The average Bonchev–Trinajstić information content (AvgIpc) is 2.54. The Morgan fingerprint density at radius 1 is 1.17 bits per heavy atom. The minimum absolute atomic E-state index is 0.111. The fourth-order valence-electron chi connectivity index (χ4n) is 1.87. The van der Waals surface area contributed by atoms with Crippen LogP contribution in [0.3, 0.4) is 0 Å².